The maximum atomic E-state index is 12.3. The molecule has 1 fully saturated rings. The first kappa shape index (κ1) is 21.5. The summed E-state index contributed by atoms with van der Waals surface area (Å²) in [6.07, 6.45) is 6.83. The maximum absolute atomic E-state index is 12.3. The molecule has 0 bridgehead atoms. The van der Waals surface area contributed by atoms with Crippen molar-refractivity contribution in [2.75, 3.05) is 23.3 Å². The highest BCUT2D eigenvalue weighted by Gasteiger charge is 2.11. The summed E-state index contributed by atoms with van der Waals surface area (Å²) in [6, 6.07) is 12.4. The van der Waals surface area contributed by atoms with Crippen molar-refractivity contribution in [3.05, 3.63) is 70.4 Å². The Balaban J connectivity index is 1.29. The van der Waals surface area contributed by atoms with E-state index in [-0.39, 0.29) is 11.6 Å². The van der Waals surface area contributed by atoms with Gasteiger partial charge in [-0.15, -0.1) is 0 Å². The van der Waals surface area contributed by atoms with Crippen LogP contribution in [-0.2, 0) is 6.54 Å². The van der Waals surface area contributed by atoms with E-state index in [0.717, 1.165) is 30.0 Å². The van der Waals surface area contributed by atoms with E-state index in [1.807, 2.05) is 30.5 Å². The number of aryl methyl sites for hydroxylation is 1. The summed E-state index contributed by atoms with van der Waals surface area (Å²) in [5, 5.41) is 5.67. The molecule has 8 heteroatoms. The van der Waals surface area contributed by atoms with Crippen LogP contribution in [0.5, 0.6) is 0 Å². The second-order valence-corrected chi connectivity index (χ2v) is 8.03. The zero-order valence-corrected chi connectivity index (χ0v) is 18.2. The van der Waals surface area contributed by atoms with Crippen LogP contribution in [0, 0.1) is 6.92 Å². The minimum absolute atomic E-state index is 0.192. The SMILES string of the molecule is Cc1nc(-c2ccc(NC(=O)NCc3ccc(N4CCCCCC4)nc3)cc2)cc(=O)[nH]1. The van der Waals surface area contributed by atoms with E-state index >= 15 is 0 Å². The van der Waals surface area contributed by atoms with Gasteiger partial charge in [0, 0.05) is 43.1 Å². The Hall–Kier alpha value is -3.68. The van der Waals surface area contributed by atoms with Gasteiger partial charge in [0.15, 0.2) is 0 Å². The quantitative estimate of drug-likeness (QED) is 0.568. The summed E-state index contributed by atoms with van der Waals surface area (Å²) >= 11 is 0. The molecule has 0 atom stereocenters. The Kier molecular flexibility index (Phi) is 6.79. The molecular formula is C24H28N6O2. The van der Waals surface area contributed by atoms with E-state index < -0.39 is 0 Å². The largest absolute Gasteiger partial charge is 0.357 e. The zero-order chi connectivity index (χ0) is 22.3. The Morgan fingerprint density at radius 2 is 1.81 bits per heavy atom. The number of nitrogens with zero attached hydrogens (tertiary/aromatic N) is 3. The number of aromatic nitrogens is 3. The number of rotatable bonds is 5. The predicted molar refractivity (Wildman–Crippen MR) is 126 cm³/mol. The van der Waals surface area contributed by atoms with Gasteiger partial charge < -0.3 is 20.5 Å². The number of nitrogens with one attached hydrogen (secondary N) is 3. The monoisotopic (exact) mass is 432 g/mol. The summed E-state index contributed by atoms with van der Waals surface area (Å²) in [7, 11) is 0. The van der Waals surface area contributed by atoms with Gasteiger partial charge in [-0.2, -0.15) is 0 Å². The van der Waals surface area contributed by atoms with Crippen LogP contribution in [0.3, 0.4) is 0 Å². The van der Waals surface area contributed by atoms with E-state index in [1.165, 1.54) is 31.7 Å². The lowest BCUT2D eigenvalue weighted by Gasteiger charge is -2.21. The molecule has 166 valence electrons. The normalized spacial score (nSPS) is 14.0. The van der Waals surface area contributed by atoms with E-state index in [9.17, 15) is 9.59 Å². The highest BCUT2D eigenvalue weighted by atomic mass is 16.2. The molecule has 0 radical (unpaired) electrons. The number of urea groups is 1. The number of carbonyl (C=O) groups excluding carboxylic acids is 1. The average Bonchev–Trinajstić information content (AvgIpc) is 3.08. The smallest absolute Gasteiger partial charge is 0.319 e. The number of hydrogen-bond acceptors (Lipinski definition) is 5. The summed E-state index contributed by atoms with van der Waals surface area (Å²) < 4.78 is 0. The molecule has 3 N–H and O–H groups in total. The van der Waals surface area contributed by atoms with Crippen LogP contribution in [0.25, 0.3) is 11.3 Å². The summed E-state index contributed by atoms with van der Waals surface area (Å²) in [4.78, 5) is 37.8. The first-order valence-electron chi connectivity index (χ1n) is 11.0. The zero-order valence-electron chi connectivity index (χ0n) is 18.2. The van der Waals surface area contributed by atoms with E-state index in [2.05, 4.69) is 30.5 Å². The number of amides is 2. The molecule has 1 aliphatic rings. The first-order valence-corrected chi connectivity index (χ1v) is 11.0. The van der Waals surface area contributed by atoms with Crippen molar-refractivity contribution in [2.24, 2.45) is 0 Å². The van der Waals surface area contributed by atoms with Crippen molar-refractivity contribution in [1.29, 1.82) is 0 Å². The molecule has 0 spiro atoms. The predicted octanol–water partition coefficient (Wildman–Crippen LogP) is 3.84. The number of anilines is 2. The van der Waals surface area contributed by atoms with E-state index in [1.54, 1.807) is 19.1 Å². The van der Waals surface area contributed by atoms with Gasteiger partial charge in [0.2, 0.25) is 0 Å². The van der Waals surface area contributed by atoms with Gasteiger partial charge in [0.25, 0.3) is 5.56 Å². The number of carbonyl (C=O) groups is 1. The van der Waals surface area contributed by atoms with Gasteiger partial charge in [-0.25, -0.2) is 14.8 Å². The number of H-pyrrole nitrogens is 1. The molecule has 1 saturated heterocycles. The lowest BCUT2D eigenvalue weighted by molar-refractivity contribution is 0.251. The Morgan fingerprint density at radius 1 is 1.06 bits per heavy atom. The standard InChI is InChI=1S/C24H28N6O2/c1-17-27-21(14-23(31)28-17)19-7-9-20(10-8-19)29-24(32)26-16-18-6-11-22(25-15-18)30-12-4-2-3-5-13-30/h6-11,14-15H,2-5,12-13,16H2,1H3,(H2,26,29,32)(H,27,28,31). The summed E-state index contributed by atoms with van der Waals surface area (Å²) in [5.41, 5.74) is 2.81. The number of hydrogen-bond donors (Lipinski definition) is 3. The average molecular weight is 433 g/mol. The molecule has 8 nitrogen and oxygen atoms in total. The van der Waals surface area contributed by atoms with Gasteiger partial charge in [-0.1, -0.05) is 31.0 Å². The molecule has 2 aromatic heterocycles. The highest BCUT2D eigenvalue weighted by Crippen LogP contribution is 2.19. The van der Waals surface area contributed by atoms with Crippen LogP contribution >= 0.6 is 0 Å². The number of pyridine rings is 1. The summed E-state index contributed by atoms with van der Waals surface area (Å²) in [6.45, 7) is 4.25. The molecule has 0 saturated carbocycles. The topological polar surface area (TPSA) is 103 Å². The molecule has 0 unspecified atom stereocenters. The Morgan fingerprint density at radius 3 is 2.47 bits per heavy atom. The minimum Gasteiger partial charge on any atom is -0.357 e. The number of aromatic amines is 1. The maximum Gasteiger partial charge on any atom is 0.319 e. The van der Waals surface area contributed by atoms with E-state index in [0.29, 0.717) is 23.8 Å². The third-order valence-corrected chi connectivity index (χ3v) is 5.49. The van der Waals surface area contributed by atoms with Crippen LogP contribution in [0.4, 0.5) is 16.3 Å². The van der Waals surface area contributed by atoms with Crippen LogP contribution in [0.1, 0.15) is 37.1 Å². The molecule has 32 heavy (non-hydrogen) atoms. The van der Waals surface area contributed by atoms with Crippen LogP contribution in [0.15, 0.2) is 53.5 Å². The van der Waals surface area contributed by atoms with Crippen molar-refractivity contribution in [1.82, 2.24) is 20.3 Å². The number of benzene rings is 1. The molecule has 1 aliphatic heterocycles. The molecule has 3 aromatic rings. The van der Waals surface area contributed by atoms with Gasteiger partial charge in [0.1, 0.15) is 11.6 Å². The molecule has 3 heterocycles. The molecule has 0 aliphatic carbocycles. The highest BCUT2D eigenvalue weighted by molar-refractivity contribution is 5.89. The van der Waals surface area contributed by atoms with Gasteiger partial charge in [-0.3, -0.25) is 4.79 Å². The van der Waals surface area contributed by atoms with Gasteiger partial charge in [0.05, 0.1) is 5.69 Å². The molecular weight excluding hydrogens is 404 g/mol. The van der Waals surface area contributed by atoms with Gasteiger partial charge >= 0.3 is 6.03 Å². The lowest BCUT2D eigenvalue weighted by Crippen LogP contribution is -2.28. The van der Waals surface area contributed by atoms with Crippen molar-refractivity contribution in [2.45, 2.75) is 39.2 Å². The second-order valence-electron chi connectivity index (χ2n) is 8.03. The Bertz CT molecular complexity index is 1100. The van der Waals surface area contributed by atoms with Gasteiger partial charge in [-0.05, 0) is 43.5 Å². The third kappa shape index (κ3) is 5.72. The fourth-order valence-corrected chi connectivity index (χ4v) is 3.82. The van der Waals surface area contributed by atoms with Crippen LogP contribution in [0.2, 0.25) is 0 Å². The van der Waals surface area contributed by atoms with Crippen molar-refractivity contribution >= 4 is 17.5 Å². The second kappa shape index (κ2) is 10.1. The lowest BCUT2D eigenvalue weighted by atomic mass is 10.1. The fourth-order valence-electron chi connectivity index (χ4n) is 3.82. The summed E-state index contributed by atoms with van der Waals surface area (Å²) in [5.74, 6) is 1.56. The van der Waals surface area contributed by atoms with Crippen LogP contribution < -0.4 is 21.1 Å². The Labute approximate surface area is 187 Å². The first-order chi connectivity index (χ1) is 15.6. The minimum atomic E-state index is -0.292. The van der Waals surface area contributed by atoms with Crippen molar-refractivity contribution in [3.8, 4) is 11.3 Å². The van der Waals surface area contributed by atoms with Crippen molar-refractivity contribution < 1.29 is 4.79 Å². The van der Waals surface area contributed by atoms with Crippen LogP contribution in [-0.4, -0.2) is 34.1 Å². The fraction of sp³-hybridized carbons (Fsp3) is 0.333. The molecule has 1 aromatic carbocycles. The third-order valence-electron chi connectivity index (χ3n) is 5.49. The van der Waals surface area contributed by atoms with Crippen molar-refractivity contribution in [3.63, 3.8) is 0 Å². The molecule has 4 rings (SSSR count). The molecule has 2 amide bonds. The van der Waals surface area contributed by atoms with E-state index in [4.69, 9.17) is 0 Å².